The maximum atomic E-state index is 14.1. The van der Waals surface area contributed by atoms with Gasteiger partial charge in [-0.25, -0.2) is 0 Å². The van der Waals surface area contributed by atoms with Crippen molar-refractivity contribution in [2.24, 2.45) is 0 Å². The fourth-order valence-corrected chi connectivity index (χ4v) is 5.11. The molecule has 0 unspecified atom stereocenters. The third-order valence-corrected chi connectivity index (χ3v) is 6.76. The molecule has 1 saturated heterocycles. The number of halogens is 3. The molecule has 0 amide bonds. The van der Waals surface area contributed by atoms with Crippen molar-refractivity contribution >= 4 is 11.4 Å². The lowest BCUT2D eigenvalue weighted by molar-refractivity contribution is -0.137. The Hall–Kier alpha value is -3.33. The molecule has 0 aliphatic carbocycles. The fourth-order valence-electron chi connectivity index (χ4n) is 5.11. The number of hydrogen-bond donors (Lipinski definition) is 1. The Balaban J connectivity index is 1.79. The first-order valence-electron chi connectivity index (χ1n) is 11.8. The van der Waals surface area contributed by atoms with Gasteiger partial charge in [-0.15, -0.1) is 0 Å². The molecular weight excluding hydrogens is 457 g/mol. The summed E-state index contributed by atoms with van der Waals surface area (Å²) >= 11 is 0. The summed E-state index contributed by atoms with van der Waals surface area (Å²) < 4.78 is 43.3. The van der Waals surface area contributed by atoms with Crippen LogP contribution in [0.15, 0.2) is 47.3 Å². The van der Waals surface area contributed by atoms with Gasteiger partial charge in [0.25, 0.3) is 5.56 Å². The van der Waals surface area contributed by atoms with E-state index in [1.54, 1.807) is 4.90 Å². The Morgan fingerprint density at radius 2 is 1.83 bits per heavy atom. The number of aliphatic hydroxyl groups excluding tert-OH is 1. The van der Waals surface area contributed by atoms with Crippen molar-refractivity contribution in [2.75, 3.05) is 42.6 Å². The molecule has 1 aromatic heterocycles. The second-order valence-electron chi connectivity index (χ2n) is 9.12. The zero-order valence-corrected chi connectivity index (χ0v) is 19.5. The van der Waals surface area contributed by atoms with Crippen LogP contribution in [-0.4, -0.2) is 47.7 Å². The number of hydrogen-bond acceptors (Lipinski definition) is 5. The lowest BCUT2D eigenvalue weighted by atomic mass is 10.0. The Morgan fingerprint density at radius 1 is 1.06 bits per heavy atom. The van der Waals surface area contributed by atoms with Gasteiger partial charge in [-0.3, -0.25) is 4.79 Å². The van der Waals surface area contributed by atoms with E-state index in [4.69, 9.17) is 0 Å². The fraction of sp³-hybridized carbons (Fsp3) is 0.385. The van der Waals surface area contributed by atoms with Crippen molar-refractivity contribution in [1.82, 2.24) is 9.78 Å². The molecule has 0 atom stereocenters. The summed E-state index contributed by atoms with van der Waals surface area (Å²) in [6.07, 6.45) is -2.18. The SMILES string of the molecule is Cc1cccc(-c2nn(-c3cc(N4CCCC4)ccc3C(F)(F)F)c(=O)c3c2CCN3CCO)c1. The number of aromatic nitrogens is 2. The van der Waals surface area contributed by atoms with Crippen molar-refractivity contribution < 1.29 is 18.3 Å². The molecule has 6 nitrogen and oxygen atoms in total. The molecule has 3 aromatic rings. The van der Waals surface area contributed by atoms with E-state index in [2.05, 4.69) is 5.10 Å². The predicted octanol–water partition coefficient (Wildman–Crippen LogP) is 4.18. The van der Waals surface area contributed by atoms with Crippen LogP contribution in [0.25, 0.3) is 16.9 Å². The van der Waals surface area contributed by atoms with E-state index in [1.165, 1.54) is 12.1 Å². The van der Waals surface area contributed by atoms with E-state index in [1.807, 2.05) is 36.1 Å². The van der Waals surface area contributed by atoms with E-state index in [-0.39, 0.29) is 18.8 Å². The Bertz CT molecular complexity index is 1310. The minimum Gasteiger partial charge on any atom is -0.395 e. The Morgan fingerprint density at radius 3 is 2.51 bits per heavy atom. The number of fused-ring (bicyclic) bond motifs is 1. The highest BCUT2D eigenvalue weighted by atomic mass is 19.4. The van der Waals surface area contributed by atoms with Gasteiger partial charge in [0.2, 0.25) is 0 Å². The van der Waals surface area contributed by atoms with Crippen molar-refractivity contribution in [3.05, 3.63) is 69.5 Å². The quantitative estimate of drug-likeness (QED) is 0.589. The minimum atomic E-state index is -4.66. The number of rotatable bonds is 5. The van der Waals surface area contributed by atoms with Crippen molar-refractivity contribution in [3.8, 4) is 16.9 Å². The van der Waals surface area contributed by atoms with Gasteiger partial charge < -0.3 is 14.9 Å². The molecule has 0 bridgehead atoms. The summed E-state index contributed by atoms with van der Waals surface area (Å²) in [5.41, 5.74) is 2.08. The van der Waals surface area contributed by atoms with Crippen LogP contribution < -0.4 is 15.4 Å². The Labute approximate surface area is 201 Å². The molecule has 5 rings (SSSR count). The zero-order chi connectivity index (χ0) is 24.7. The molecule has 184 valence electrons. The molecule has 2 aromatic carbocycles. The largest absolute Gasteiger partial charge is 0.418 e. The minimum absolute atomic E-state index is 0.167. The van der Waals surface area contributed by atoms with Gasteiger partial charge in [-0.2, -0.15) is 23.0 Å². The summed E-state index contributed by atoms with van der Waals surface area (Å²) in [6.45, 7) is 4.00. The molecule has 35 heavy (non-hydrogen) atoms. The number of aliphatic hydroxyl groups is 1. The first-order valence-corrected chi connectivity index (χ1v) is 11.8. The number of nitrogens with zero attached hydrogens (tertiary/aromatic N) is 4. The summed E-state index contributed by atoms with van der Waals surface area (Å²) in [7, 11) is 0. The molecule has 9 heteroatoms. The van der Waals surface area contributed by atoms with Gasteiger partial charge in [0, 0.05) is 43.0 Å². The van der Waals surface area contributed by atoms with Crippen LogP contribution in [0.3, 0.4) is 0 Å². The first-order chi connectivity index (χ1) is 16.8. The van der Waals surface area contributed by atoms with Crippen LogP contribution in [-0.2, 0) is 12.6 Å². The summed E-state index contributed by atoms with van der Waals surface area (Å²) in [4.78, 5) is 17.5. The van der Waals surface area contributed by atoms with E-state index in [0.717, 1.165) is 47.8 Å². The zero-order valence-electron chi connectivity index (χ0n) is 19.5. The van der Waals surface area contributed by atoms with Crippen LogP contribution in [0.1, 0.15) is 29.5 Å². The highest BCUT2D eigenvalue weighted by Gasteiger charge is 2.36. The number of benzene rings is 2. The smallest absolute Gasteiger partial charge is 0.395 e. The average molecular weight is 485 g/mol. The maximum absolute atomic E-state index is 14.1. The van der Waals surface area contributed by atoms with Gasteiger partial charge >= 0.3 is 6.18 Å². The van der Waals surface area contributed by atoms with E-state index in [0.29, 0.717) is 35.6 Å². The number of alkyl halides is 3. The van der Waals surface area contributed by atoms with Crippen LogP contribution in [0, 0.1) is 6.92 Å². The van der Waals surface area contributed by atoms with Gasteiger partial charge in [-0.1, -0.05) is 23.8 Å². The second-order valence-corrected chi connectivity index (χ2v) is 9.12. The average Bonchev–Trinajstić information content (AvgIpc) is 3.50. The summed E-state index contributed by atoms with van der Waals surface area (Å²) in [6, 6.07) is 11.5. The number of anilines is 2. The normalized spacial score (nSPS) is 15.7. The van der Waals surface area contributed by atoms with Crippen LogP contribution in [0.5, 0.6) is 0 Å². The third-order valence-electron chi connectivity index (χ3n) is 6.76. The summed E-state index contributed by atoms with van der Waals surface area (Å²) in [5.74, 6) is 0. The molecular formula is C26H27F3N4O2. The first kappa shape index (κ1) is 23.4. The topological polar surface area (TPSA) is 61.6 Å². The molecule has 0 spiro atoms. The van der Waals surface area contributed by atoms with Crippen molar-refractivity contribution in [1.29, 1.82) is 0 Å². The van der Waals surface area contributed by atoms with Crippen molar-refractivity contribution in [3.63, 3.8) is 0 Å². The Kier molecular flexibility index (Phi) is 6.04. The molecule has 1 fully saturated rings. The highest BCUT2D eigenvalue weighted by Crippen LogP contribution is 2.38. The lowest BCUT2D eigenvalue weighted by Crippen LogP contribution is -2.33. The molecule has 3 heterocycles. The van der Waals surface area contributed by atoms with E-state index in [9.17, 15) is 23.1 Å². The van der Waals surface area contributed by atoms with Gasteiger partial charge in [-0.05, 0) is 50.5 Å². The molecule has 0 saturated carbocycles. The summed E-state index contributed by atoms with van der Waals surface area (Å²) in [5, 5.41) is 14.1. The molecule has 1 N–H and O–H groups in total. The second kappa shape index (κ2) is 9.03. The van der Waals surface area contributed by atoms with E-state index >= 15 is 0 Å². The van der Waals surface area contributed by atoms with Crippen molar-refractivity contribution in [2.45, 2.75) is 32.4 Å². The standard InChI is InChI=1S/C26H27F3N4O2/c1-17-5-4-6-18(15-17)23-20-9-12-32(13-14-34)24(20)25(35)33(30-23)22-16-19(31-10-2-3-11-31)7-8-21(22)26(27,28)29/h4-8,15-16,34H,2-3,9-14H2,1H3. The number of aryl methyl sites for hydroxylation is 1. The molecule has 2 aliphatic rings. The highest BCUT2D eigenvalue weighted by molar-refractivity contribution is 5.73. The van der Waals surface area contributed by atoms with Gasteiger partial charge in [0.1, 0.15) is 5.69 Å². The number of β-amino-alcohol motifs (C(OH)–C–C–N with tert-alkyl or cyclic N) is 1. The molecule has 0 radical (unpaired) electrons. The molecule has 2 aliphatic heterocycles. The maximum Gasteiger partial charge on any atom is 0.418 e. The van der Waals surface area contributed by atoms with E-state index < -0.39 is 17.3 Å². The predicted molar refractivity (Wildman–Crippen MR) is 129 cm³/mol. The lowest BCUT2D eigenvalue weighted by Gasteiger charge is -2.23. The van der Waals surface area contributed by atoms with Crippen LogP contribution in [0.2, 0.25) is 0 Å². The van der Waals surface area contributed by atoms with Gasteiger partial charge in [0.05, 0.1) is 23.6 Å². The van der Waals surface area contributed by atoms with Crippen LogP contribution >= 0.6 is 0 Å². The third kappa shape index (κ3) is 4.29. The monoisotopic (exact) mass is 484 g/mol. The van der Waals surface area contributed by atoms with Gasteiger partial charge in [0.15, 0.2) is 0 Å². The van der Waals surface area contributed by atoms with Crippen LogP contribution in [0.4, 0.5) is 24.5 Å².